The maximum absolute atomic E-state index is 12.4. The average Bonchev–Trinajstić information content (AvgIpc) is 3.01. The first-order valence-electron chi connectivity index (χ1n) is 7.69. The Hall–Kier alpha value is -1.46. The van der Waals surface area contributed by atoms with Crippen molar-refractivity contribution in [2.45, 2.75) is 31.7 Å². The van der Waals surface area contributed by atoms with Gasteiger partial charge in [-0.25, -0.2) is 0 Å². The molecule has 1 atom stereocenters. The molecule has 0 bridgehead atoms. The van der Waals surface area contributed by atoms with Crippen LogP contribution >= 0.6 is 12.4 Å². The highest BCUT2D eigenvalue weighted by molar-refractivity contribution is 5.85. The van der Waals surface area contributed by atoms with Crippen LogP contribution in [0, 0.1) is 0 Å². The minimum Gasteiger partial charge on any atom is -0.486 e. The van der Waals surface area contributed by atoms with Crippen LogP contribution in [0.25, 0.3) is 0 Å². The lowest BCUT2D eigenvalue weighted by Crippen LogP contribution is -2.31. The molecule has 6 heteroatoms. The molecule has 0 aromatic heterocycles. The lowest BCUT2D eigenvalue weighted by Gasteiger charge is -2.29. The van der Waals surface area contributed by atoms with Crippen molar-refractivity contribution in [2.75, 3.05) is 26.3 Å². The highest BCUT2D eigenvalue weighted by atomic mass is 35.5. The molecule has 2 aliphatic rings. The Morgan fingerprint density at radius 2 is 2.14 bits per heavy atom. The first-order valence-corrected chi connectivity index (χ1v) is 7.69. The van der Waals surface area contributed by atoms with Crippen LogP contribution in [0.2, 0.25) is 0 Å². The lowest BCUT2D eigenvalue weighted by molar-refractivity contribution is -0.132. The van der Waals surface area contributed by atoms with E-state index in [-0.39, 0.29) is 24.4 Å². The minimum absolute atomic E-state index is 0. The number of halogens is 1. The van der Waals surface area contributed by atoms with Crippen LogP contribution < -0.4 is 15.2 Å². The van der Waals surface area contributed by atoms with Crippen LogP contribution in [0.15, 0.2) is 18.2 Å². The number of likely N-dealkylation sites (tertiary alicyclic amines) is 1. The van der Waals surface area contributed by atoms with Gasteiger partial charge in [-0.1, -0.05) is 12.1 Å². The summed E-state index contributed by atoms with van der Waals surface area (Å²) in [5, 5.41) is 0. The number of nitrogens with two attached hydrogens (primary N) is 1. The molecule has 122 valence electrons. The van der Waals surface area contributed by atoms with Gasteiger partial charge in [-0.05, 0) is 31.9 Å². The van der Waals surface area contributed by atoms with E-state index in [2.05, 4.69) is 0 Å². The zero-order valence-corrected chi connectivity index (χ0v) is 13.4. The summed E-state index contributed by atoms with van der Waals surface area (Å²) < 4.78 is 11.4. The standard InChI is InChI=1S/C16H22N2O3.ClH/c17-8-2-7-15(19)18-9-3-5-13(18)12-4-1-6-14-16(12)21-11-10-20-14;/h1,4,6,13H,2-3,5,7-11,17H2;1H. The molecular formula is C16H23ClN2O3. The van der Waals surface area contributed by atoms with E-state index in [9.17, 15) is 4.79 Å². The second-order valence-corrected chi connectivity index (χ2v) is 5.51. The van der Waals surface area contributed by atoms with Gasteiger partial charge in [0.05, 0.1) is 6.04 Å². The predicted octanol–water partition coefficient (Wildman–Crippen LogP) is 2.28. The number of carbonyl (C=O) groups excluding carboxylic acids is 1. The summed E-state index contributed by atoms with van der Waals surface area (Å²) >= 11 is 0. The Balaban J connectivity index is 0.00000176. The fourth-order valence-electron chi connectivity index (χ4n) is 3.14. The van der Waals surface area contributed by atoms with Crippen LogP contribution in [0.3, 0.4) is 0 Å². The molecule has 2 N–H and O–H groups in total. The number of hydrogen-bond donors (Lipinski definition) is 1. The van der Waals surface area contributed by atoms with Gasteiger partial charge in [0.1, 0.15) is 13.2 Å². The molecule has 1 saturated heterocycles. The van der Waals surface area contributed by atoms with Gasteiger partial charge < -0.3 is 20.1 Å². The van der Waals surface area contributed by atoms with Crippen molar-refractivity contribution in [3.05, 3.63) is 23.8 Å². The van der Waals surface area contributed by atoms with E-state index < -0.39 is 0 Å². The van der Waals surface area contributed by atoms with E-state index in [1.54, 1.807) is 0 Å². The van der Waals surface area contributed by atoms with E-state index in [1.165, 1.54) is 0 Å². The number of carbonyl (C=O) groups is 1. The van der Waals surface area contributed by atoms with Crippen LogP contribution in [0.5, 0.6) is 11.5 Å². The molecule has 2 aliphatic heterocycles. The van der Waals surface area contributed by atoms with Gasteiger partial charge in [0, 0.05) is 18.5 Å². The molecule has 22 heavy (non-hydrogen) atoms. The second-order valence-electron chi connectivity index (χ2n) is 5.51. The van der Waals surface area contributed by atoms with Crippen LogP contribution in [-0.4, -0.2) is 37.1 Å². The van der Waals surface area contributed by atoms with Gasteiger partial charge >= 0.3 is 0 Å². The van der Waals surface area contributed by atoms with E-state index in [0.29, 0.717) is 26.2 Å². The Labute approximate surface area is 137 Å². The molecule has 3 rings (SSSR count). The molecule has 0 aliphatic carbocycles. The fourth-order valence-corrected chi connectivity index (χ4v) is 3.14. The van der Waals surface area contributed by atoms with Crippen molar-refractivity contribution in [1.82, 2.24) is 4.90 Å². The maximum atomic E-state index is 12.4. The topological polar surface area (TPSA) is 64.8 Å². The zero-order valence-electron chi connectivity index (χ0n) is 12.6. The van der Waals surface area contributed by atoms with Gasteiger partial charge in [0.25, 0.3) is 0 Å². The second kappa shape index (κ2) is 7.70. The van der Waals surface area contributed by atoms with E-state index >= 15 is 0 Å². The highest BCUT2D eigenvalue weighted by Gasteiger charge is 2.32. The number of amides is 1. The van der Waals surface area contributed by atoms with Gasteiger partial charge in [0.2, 0.25) is 5.91 Å². The van der Waals surface area contributed by atoms with E-state index in [4.69, 9.17) is 15.2 Å². The Morgan fingerprint density at radius 1 is 1.32 bits per heavy atom. The third-order valence-electron chi connectivity index (χ3n) is 4.12. The maximum Gasteiger partial charge on any atom is 0.223 e. The first-order chi connectivity index (χ1) is 10.3. The van der Waals surface area contributed by atoms with E-state index in [1.807, 2.05) is 23.1 Å². The largest absolute Gasteiger partial charge is 0.486 e. The number of nitrogens with zero attached hydrogens (tertiary/aromatic N) is 1. The monoisotopic (exact) mass is 326 g/mol. The first kappa shape index (κ1) is 16.9. The van der Waals surface area contributed by atoms with Crippen LogP contribution in [0.4, 0.5) is 0 Å². The Morgan fingerprint density at radius 3 is 2.95 bits per heavy atom. The summed E-state index contributed by atoms with van der Waals surface area (Å²) in [6.07, 6.45) is 3.28. The minimum atomic E-state index is 0. The summed E-state index contributed by atoms with van der Waals surface area (Å²) in [5.41, 5.74) is 6.58. The van der Waals surface area contributed by atoms with Crippen molar-refractivity contribution in [3.8, 4) is 11.5 Å². The number of hydrogen-bond acceptors (Lipinski definition) is 4. The molecule has 0 spiro atoms. The number of rotatable bonds is 4. The lowest BCUT2D eigenvalue weighted by atomic mass is 10.0. The predicted molar refractivity (Wildman–Crippen MR) is 86.7 cm³/mol. The molecule has 5 nitrogen and oxygen atoms in total. The summed E-state index contributed by atoms with van der Waals surface area (Å²) in [6, 6.07) is 6.05. The number of benzene rings is 1. The van der Waals surface area contributed by atoms with Gasteiger partial charge in [-0.15, -0.1) is 12.4 Å². The molecule has 1 fully saturated rings. The van der Waals surface area contributed by atoms with Gasteiger partial charge in [-0.2, -0.15) is 0 Å². The molecule has 1 unspecified atom stereocenters. The summed E-state index contributed by atoms with van der Waals surface area (Å²) in [4.78, 5) is 14.3. The molecule has 0 saturated carbocycles. The van der Waals surface area contributed by atoms with Crippen molar-refractivity contribution in [3.63, 3.8) is 0 Å². The molecule has 2 heterocycles. The fraction of sp³-hybridized carbons (Fsp3) is 0.562. The van der Waals surface area contributed by atoms with Crippen LogP contribution in [-0.2, 0) is 4.79 Å². The van der Waals surface area contributed by atoms with Crippen LogP contribution in [0.1, 0.15) is 37.3 Å². The quantitative estimate of drug-likeness (QED) is 0.922. The smallest absolute Gasteiger partial charge is 0.223 e. The van der Waals surface area contributed by atoms with Crippen molar-refractivity contribution < 1.29 is 14.3 Å². The molecule has 1 aromatic carbocycles. The molecule has 1 amide bonds. The van der Waals surface area contributed by atoms with Crippen molar-refractivity contribution >= 4 is 18.3 Å². The van der Waals surface area contributed by atoms with E-state index in [0.717, 1.165) is 42.9 Å². The molecule has 1 aromatic rings. The van der Waals surface area contributed by atoms with Crippen molar-refractivity contribution in [1.29, 1.82) is 0 Å². The Bertz CT molecular complexity index is 524. The number of para-hydroxylation sites is 1. The summed E-state index contributed by atoms with van der Waals surface area (Å²) in [6.45, 7) is 2.53. The Kier molecular flexibility index (Phi) is 5.91. The SMILES string of the molecule is Cl.NCCCC(=O)N1CCCC1c1cccc2c1OCCO2. The third-order valence-corrected chi connectivity index (χ3v) is 4.12. The third kappa shape index (κ3) is 3.31. The normalized spacial score (nSPS) is 19.7. The van der Waals surface area contributed by atoms with Gasteiger partial charge in [0.15, 0.2) is 11.5 Å². The average molecular weight is 327 g/mol. The molecular weight excluding hydrogens is 304 g/mol. The summed E-state index contributed by atoms with van der Waals surface area (Å²) in [7, 11) is 0. The number of fused-ring (bicyclic) bond motifs is 1. The number of ether oxygens (including phenoxy) is 2. The summed E-state index contributed by atoms with van der Waals surface area (Å²) in [5.74, 6) is 1.80. The molecule has 0 radical (unpaired) electrons. The highest BCUT2D eigenvalue weighted by Crippen LogP contribution is 2.42. The van der Waals surface area contributed by atoms with Crippen molar-refractivity contribution in [2.24, 2.45) is 5.73 Å². The van der Waals surface area contributed by atoms with Gasteiger partial charge in [-0.3, -0.25) is 4.79 Å². The zero-order chi connectivity index (χ0) is 14.7.